The van der Waals surface area contributed by atoms with Crippen molar-refractivity contribution < 1.29 is 19.1 Å². The van der Waals surface area contributed by atoms with E-state index in [4.69, 9.17) is 9.47 Å². The van der Waals surface area contributed by atoms with E-state index >= 15 is 0 Å². The Morgan fingerprint density at radius 1 is 1.07 bits per heavy atom. The Morgan fingerprint density at radius 2 is 1.79 bits per heavy atom. The quantitative estimate of drug-likeness (QED) is 0.683. The number of anilines is 1. The van der Waals surface area contributed by atoms with Crippen molar-refractivity contribution >= 4 is 17.6 Å². The fourth-order valence-corrected chi connectivity index (χ4v) is 2.90. The van der Waals surface area contributed by atoms with Crippen LogP contribution >= 0.6 is 0 Å². The number of carbonyl (C=O) groups excluding carboxylic acids is 2. The molecule has 0 aromatic heterocycles. The van der Waals surface area contributed by atoms with Gasteiger partial charge in [-0.1, -0.05) is 32.0 Å². The summed E-state index contributed by atoms with van der Waals surface area (Å²) in [7, 11) is 0. The number of hydrogen-bond donors (Lipinski definition) is 1. The lowest BCUT2D eigenvalue weighted by Crippen LogP contribution is -2.31. The molecule has 0 saturated heterocycles. The molecular weight excluding hydrogens is 354 g/mol. The normalized spacial score (nSPS) is 11.8. The maximum absolute atomic E-state index is 12.7. The van der Waals surface area contributed by atoms with E-state index in [2.05, 4.69) is 19.2 Å². The average Bonchev–Trinajstić information content (AvgIpc) is 2.63. The number of nitrogens with one attached hydrogen (secondary N) is 1. The molecule has 5 nitrogen and oxygen atoms in total. The third-order valence-corrected chi connectivity index (χ3v) is 4.55. The van der Waals surface area contributed by atoms with E-state index in [1.807, 2.05) is 25.1 Å². The van der Waals surface area contributed by atoms with Crippen molar-refractivity contribution in [3.05, 3.63) is 58.7 Å². The van der Waals surface area contributed by atoms with Gasteiger partial charge >= 0.3 is 5.97 Å². The number of amides is 1. The highest BCUT2D eigenvalue weighted by molar-refractivity contribution is 5.98. The molecular formula is C23H29NO4. The zero-order chi connectivity index (χ0) is 20.8. The first-order valence-corrected chi connectivity index (χ1v) is 9.59. The molecule has 0 radical (unpaired) electrons. The predicted octanol–water partition coefficient (Wildman–Crippen LogP) is 5.01. The number of ether oxygens (including phenoxy) is 2. The largest absolute Gasteiger partial charge is 0.481 e. The van der Waals surface area contributed by atoms with Gasteiger partial charge in [0.1, 0.15) is 5.75 Å². The van der Waals surface area contributed by atoms with Crippen LogP contribution < -0.4 is 10.1 Å². The number of hydrogen-bond acceptors (Lipinski definition) is 4. The molecule has 1 atom stereocenters. The van der Waals surface area contributed by atoms with Gasteiger partial charge in [0.2, 0.25) is 0 Å². The van der Waals surface area contributed by atoms with Gasteiger partial charge in [-0.2, -0.15) is 0 Å². The fourth-order valence-electron chi connectivity index (χ4n) is 2.90. The Balaban J connectivity index is 2.17. The summed E-state index contributed by atoms with van der Waals surface area (Å²) in [6.07, 6.45) is -0.690. The highest BCUT2D eigenvalue weighted by Crippen LogP contribution is 2.28. The lowest BCUT2D eigenvalue weighted by Gasteiger charge is -2.20. The molecule has 0 saturated carbocycles. The summed E-state index contributed by atoms with van der Waals surface area (Å²) < 4.78 is 11.0. The van der Waals surface area contributed by atoms with Crippen LogP contribution in [0.5, 0.6) is 5.75 Å². The number of esters is 1. The number of benzene rings is 2. The van der Waals surface area contributed by atoms with Gasteiger partial charge in [0.25, 0.3) is 5.91 Å². The van der Waals surface area contributed by atoms with Crippen LogP contribution in [-0.4, -0.2) is 24.6 Å². The van der Waals surface area contributed by atoms with Crippen LogP contribution in [0.1, 0.15) is 60.7 Å². The molecule has 0 unspecified atom stereocenters. The predicted molar refractivity (Wildman–Crippen MR) is 111 cm³/mol. The molecule has 150 valence electrons. The molecule has 2 rings (SSSR count). The highest BCUT2D eigenvalue weighted by Gasteiger charge is 2.20. The molecule has 1 N–H and O–H groups in total. The van der Waals surface area contributed by atoms with E-state index in [0.717, 1.165) is 16.9 Å². The van der Waals surface area contributed by atoms with Crippen LogP contribution in [0.4, 0.5) is 5.69 Å². The van der Waals surface area contributed by atoms with E-state index in [1.54, 1.807) is 39.0 Å². The standard InChI is InChI=1S/C23H29NO4/c1-7-27-23(26)19-9-8-10-20(16(19)5)24-22(25)17(6)28-21-13-15(4)11-12-18(21)14(2)3/h8-14,17H,7H2,1-6H3,(H,24,25)/t17-/m1/s1. The zero-order valence-corrected chi connectivity index (χ0v) is 17.5. The number of aryl methyl sites for hydroxylation is 1. The number of carbonyl (C=O) groups is 2. The van der Waals surface area contributed by atoms with Crippen molar-refractivity contribution in [3.8, 4) is 5.75 Å². The Labute approximate surface area is 167 Å². The zero-order valence-electron chi connectivity index (χ0n) is 17.5. The molecule has 2 aromatic rings. The highest BCUT2D eigenvalue weighted by atomic mass is 16.5. The molecule has 0 heterocycles. The summed E-state index contributed by atoms with van der Waals surface area (Å²) in [4.78, 5) is 24.7. The van der Waals surface area contributed by atoms with Crippen LogP contribution in [0.25, 0.3) is 0 Å². The van der Waals surface area contributed by atoms with Gasteiger partial charge in [0.05, 0.1) is 12.2 Å². The van der Waals surface area contributed by atoms with Crippen molar-refractivity contribution in [2.75, 3.05) is 11.9 Å². The van der Waals surface area contributed by atoms with Gasteiger partial charge in [0.15, 0.2) is 6.10 Å². The van der Waals surface area contributed by atoms with Crippen molar-refractivity contribution in [1.82, 2.24) is 0 Å². The maximum atomic E-state index is 12.7. The van der Waals surface area contributed by atoms with Gasteiger partial charge in [-0.05, 0) is 68.5 Å². The summed E-state index contributed by atoms with van der Waals surface area (Å²) in [5.41, 5.74) is 3.81. The first-order chi connectivity index (χ1) is 13.2. The number of rotatable bonds is 7. The van der Waals surface area contributed by atoms with Gasteiger partial charge in [0, 0.05) is 5.69 Å². The monoisotopic (exact) mass is 383 g/mol. The van der Waals surface area contributed by atoms with E-state index in [9.17, 15) is 9.59 Å². The Kier molecular flexibility index (Phi) is 7.21. The topological polar surface area (TPSA) is 64.6 Å². The molecule has 0 fully saturated rings. The second kappa shape index (κ2) is 9.40. The summed E-state index contributed by atoms with van der Waals surface area (Å²) in [6.45, 7) is 11.7. The summed E-state index contributed by atoms with van der Waals surface area (Å²) in [6, 6.07) is 11.2. The molecule has 28 heavy (non-hydrogen) atoms. The lowest BCUT2D eigenvalue weighted by molar-refractivity contribution is -0.122. The van der Waals surface area contributed by atoms with Crippen LogP contribution in [0.3, 0.4) is 0 Å². The van der Waals surface area contributed by atoms with Crippen LogP contribution in [0.2, 0.25) is 0 Å². The minimum absolute atomic E-state index is 0.277. The fraction of sp³-hybridized carbons (Fsp3) is 0.391. The Morgan fingerprint density at radius 3 is 2.43 bits per heavy atom. The van der Waals surface area contributed by atoms with E-state index < -0.39 is 12.1 Å². The van der Waals surface area contributed by atoms with Crippen LogP contribution in [0, 0.1) is 13.8 Å². The molecule has 5 heteroatoms. The summed E-state index contributed by atoms with van der Waals surface area (Å²) in [5.74, 6) is 0.325. The van der Waals surface area contributed by atoms with E-state index in [1.165, 1.54) is 0 Å². The van der Waals surface area contributed by atoms with Gasteiger partial charge < -0.3 is 14.8 Å². The Bertz CT molecular complexity index is 858. The SMILES string of the molecule is CCOC(=O)c1cccc(NC(=O)[C@@H](C)Oc2cc(C)ccc2C(C)C)c1C. The van der Waals surface area contributed by atoms with Crippen molar-refractivity contribution in [2.24, 2.45) is 0 Å². The van der Waals surface area contributed by atoms with Crippen molar-refractivity contribution in [1.29, 1.82) is 0 Å². The van der Waals surface area contributed by atoms with Gasteiger partial charge in [-0.25, -0.2) is 4.79 Å². The average molecular weight is 383 g/mol. The first kappa shape index (κ1) is 21.5. The third-order valence-electron chi connectivity index (χ3n) is 4.55. The van der Waals surface area contributed by atoms with Crippen LogP contribution in [0.15, 0.2) is 36.4 Å². The van der Waals surface area contributed by atoms with Gasteiger partial charge in [-0.3, -0.25) is 4.79 Å². The van der Waals surface area contributed by atoms with Crippen molar-refractivity contribution in [2.45, 2.75) is 53.6 Å². The molecule has 1 amide bonds. The van der Waals surface area contributed by atoms with Crippen molar-refractivity contribution in [3.63, 3.8) is 0 Å². The molecule has 0 aliphatic heterocycles. The molecule has 0 spiro atoms. The second-order valence-corrected chi connectivity index (χ2v) is 7.14. The Hall–Kier alpha value is -2.82. The van der Waals surface area contributed by atoms with Gasteiger partial charge in [-0.15, -0.1) is 0 Å². The second-order valence-electron chi connectivity index (χ2n) is 7.14. The molecule has 2 aromatic carbocycles. The molecule has 0 aliphatic carbocycles. The molecule has 0 aliphatic rings. The molecule has 0 bridgehead atoms. The van der Waals surface area contributed by atoms with E-state index in [0.29, 0.717) is 23.4 Å². The third kappa shape index (κ3) is 5.12. The maximum Gasteiger partial charge on any atom is 0.338 e. The van der Waals surface area contributed by atoms with Crippen LogP contribution in [-0.2, 0) is 9.53 Å². The summed E-state index contributed by atoms with van der Waals surface area (Å²) in [5, 5.41) is 2.86. The smallest absolute Gasteiger partial charge is 0.338 e. The van der Waals surface area contributed by atoms with E-state index in [-0.39, 0.29) is 11.8 Å². The lowest BCUT2D eigenvalue weighted by atomic mass is 10.0. The minimum Gasteiger partial charge on any atom is -0.481 e. The minimum atomic E-state index is -0.690. The first-order valence-electron chi connectivity index (χ1n) is 9.59. The summed E-state index contributed by atoms with van der Waals surface area (Å²) >= 11 is 0.